The first kappa shape index (κ1) is 62.0. The van der Waals surface area contributed by atoms with Crippen LogP contribution in [0.15, 0.2) is 12.2 Å². The summed E-state index contributed by atoms with van der Waals surface area (Å²) >= 11 is 0. The summed E-state index contributed by atoms with van der Waals surface area (Å²) in [6, 6.07) is 0. The highest BCUT2D eigenvalue weighted by molar-refractivity contribution is 5.70. The second-order valence-electron chi connectivity index (χ2n) is 19.9. The van der Waals surface area contributed by atoms with Crippen molar-refractivity contribution in [3.05, 3.63) is 12.2 Å². The van der Waals surface area contributed by atoms with Gasteiger partial charge in [0.05, 0.1) is 40.3 Å². The van der Waals surface area contributed by atoms with Crippen LogP contribution in [0.3, 0.4) is 0 Å². The average molecular weight is 908 g/mol. The van der Waals surface area contributed by atoms with Crippen LogP contribution in [0, 0.1) is 0 Å². The van der Waals surface area contributed by atoms with E-state index in [1.54, 1.807) is 0 Å². The Morgan fingerprint density at radius 1 is 0.453 bits per heavy atom. The summed E-state index contributed by atoms with van der Waals surface area (Å²) < 4.78 is 22.6. The first-order valence-corrected chi connectivity index (χ1v) is 27.3. The van der Waals surface area contributed by atoms with Gasteiger partial charge >= 0.3 is 11.9 Å². The van der Waals surface area contributed by atoms with Gasteiger partial charge in [0, 0.05) is 12.8 Å². The van der Waals surface area contributed by atoms with Crippen LogP contribution >= 0.6 is 0 Å². The molecule has 0 amide bonds. The van der Waals surface area contributed by atoms with Crippen molar-refractivity contribution >= 4 is 17.9 Å². The molecule has 0 saturated carbocycles. The number of ether oxygens (including phenoxy) is 4. The van der Waals surface area contributed by atoms with Crippen LogP contribution in [0.1, 0.15) is 264 Å². The summed E-state index contributed by atoms with van der Waals surface area (Å²) in [4.78, 5) is 37.0. The van der Waals surface area contributed by atoms with E-state index in [2.05, 4.69) is 26.0 Å². The van der Waals surface area contributed by atoms with E-state index in [1.807, 2.05) is 21.1 Å². The van der Waals surface area contributed by atoms with Crippen LogP contribution in [0.25, 0.3) is 0 Å². The highest BCUT2D eigenvalue weighted by atomic mass is 16.7. The average Bonchev–Trinajstić information content (AvgIpc) is 3.26. The zero-order chi connectivity index (χ0) is 47.0. The zero-order valence-corrected chi connectivity index (χ0v) is 42.9. The molecule has 0 saturated heterocycles. The van der Waals surface area contributed by atoms with E-state index in [9.17, 15) is 19.5 Å². The maximum atomic E-state index is 12.8. The van der Waals surface area contributed by atoms with Crippen molar-refractivity contribution < 1.29 is 42.9 Å². The quantitative estimate of drug-likeness (QED) is 0.0195. The number of carbonyl (C=O) groups excluding carboxylic acids is 3. The number of hydrogen-bond acceptors (Lipinski definition) is 8. The Morgan fingerprint density at radius 3 is 1.16 bits per heavy atom. The van der Waals surface area contributed by atoms with Crippen molar-refractivity contribution in [3.63, 3.8) is 0 Å². The number of hydrogen-bond donors (Lipinski definition) is 0. The molecule has 0 aliphatic heterocycles. The van der Waals surface area contributed by atoms with Crippen molar-refractivity contribution in [1.29, 1.82) is 0 Å². The summed E-state index contributed by atoms with van der Waals surface area (Å²) in [5.41, 5.74) is 0. The normalized spacial score (nSPS) is 12.8. The molecule has 0 bridgehead atoms. The number of nitrogens with zero attached hydrogens (tertiary/aromatic N) is 1. The van der Waals surface area contributed by atoms with E-state index >= 15 is 0 Å². The molecule has 0 spiro atoms. The van der Waals surface area contributed by atoms with Crippen molar-refractivity contribution in [2.24, 2.45) is 0 Å². The lowest BCUT2D eigenvalue weighted by Gasteiger charge is -2.26. The fourth-order valence-corrected chi connectivity index (χ4v) is 8.00. The minimum atomic E-state index is -1.61. The molecule has 9 nitrogen and oxygen atoms in total. The fraction of sp³-hybridized carbons (Fsp3) is 0.909. The second-order valence-corrected chi connectivity index (χ2v) is 19.9. The van der Waals surface area contributed by atoms with E-state index in [-0.39, 0.29) is 32.2 Å². The molecular formula is C55H105NO8. The molecule has 64 heavy (non-hydrogen) atoms. The molecule has 0 aromatic carbocycles. The molecule has 0 rings (SSSR count). The summed E-state index contributed by atoms with van der Waals surface area (Å²) in [6.07, 6.45) is 49.9. The molecule has 2 unspecified atom stereocenters. The van der Waals surface area contributed by atoms with Crippen LogP contribution in [-0.4, -0.2) is 82.3 Å². The van der Waals surface area contributed by atoms with Crippen molar-refractivity contribution in [2.75, 3.05) is 47.5 Å². The Hall–Kier alpha value is -1.97. The van der Waals surface area contributed by atoms with Crippen LogP contribution in [0.4, 0.5) is 0 Å². The largest absolute Gasteiger partial charge is 0.545 e. The maximum Gasteiger partial charge on any atom is 0.306 e. The minimum Gasteiger partial charge on any atom is -0.545 e. The van der Waals surface area contributed by atoms with Crippen molar-refractivity contribution in [3.8, 4) is 0 Å². The van der Waals surface area contributed by atoms with Gasteiger partial charge in [0.2, 0.25) is 0 Å². The monoisotopic (exact) mass is 908 g/mol. The lowest BCUT2D eigenvalue weighted by Crippen LogP contribution is -2.44. The molecule has 0 radical (unpaired) electrons. The number of quaternary nitrogens is 1. The topological polar surface area (TPSA) is 111 Å². The third-order valence-corrected chi connectivity index (χ3v) is 12.3. The van der Waals surface area contributed by atoms with Gasteiger partial charge in [-0.25, -0.2) is 0 Å². The molecule has 0 fully saturated rings. The van der Waals surface area contributed by atoms with Crippen molar-refractivity contribution in [1.82, 2.24) is 0 Å². The molecule has 0 aromatic rings. The Labute approximate surface area is 395 Å². The molecular weight excluding hydrogens is 803 g/mol. The smallest absolute Gasteiger partial charge is 0.306 e. The molecule has 0 N–H and O–H groups in total. The van der Waals surface area contributed by atoms with Gasteiger partial charge in [-0.05, 0) is 38.5 Å². The van der Waals surface area contributed by atoms with E-state index in [0.29, 0.717) is 17.4 Å². The third-order valence-electron chi connectivity index (χ3n) is 12.3. The predicted octanol–water partition coefficient (Wildman–Crippen LogP) is 14.1. The molecule has 0 heterocycles. The number of carbonyl (C=O) groups is 3. The van der Waals surface area contributed by atoms with Gasteiger partial charge in [0.15, 0.2) is 12.4 Å². The van der Waals surface area contributed by atoms with Crippen LogP contribution < -0.4 is 5.11 Å². The Balaban J connectivity index is 4.07. The van der Waals surface area contributed by atoms with Crippen LogP contribution in [-0.2, 0) is 33.3 Å². The number of esters is 2. The molecule has 378 valence electrons. The van der Waals surface area contributed by atoms with E-state index in [0.717, 1.165) is 38.5 Å². The standard InChI is InChI=1S/C55H105NO8/c1-6-8-10-12-14-16-18-19-20-21-22-23-24-25-26-27-28-29-30-31-32-33-34-35-36-38-40-42-44-46-53(58)64-51(50-63-55(54(59)60)61-48-47-56(3,4)5)49-62-52(57)45-43-41-39-37-17-15-13-11-9-7-2/h21-22,51,55H,6-20,23-50H2,1-5H3/b22-21-. The summed E-state index contributed by atoms with van der Waals surface area (Å²) in [6.45, 7) is 4.76. The second kappa shape index (κ2) is 47.5. The molecule has 9 heteroatoms. The molecule has 2 atom stereocenters. The Kier molecular flexibility index (Phi) is 46.1. The Morgan fingerprint density at radius 2 is 0.797 bits per heavy atom. The van der Waals surface area contributed by atoms with Gasteiger partial charge in [-0.2, -0.15) is 0 Å². The number of carboxylic acids is 1. The van der Waals surface area contributed by atoms with Gasteiger partial charge in [-0.15, -0.1) is 0 Å². The van der Waals surface area contributed by atoms with Gasteiger partial charge in [0.25, 0.3) is 0 Å². The molecule has 0 aliphatic carbocycles. The van der Waals surface area contributed by atoms with Gasteiger partial charge in [0.1, 0.15) is 13.2 Å². The first-order chi connectivity index (χ1) is 31.1. The van der Waals surface area contributed by atoms with E-state index in [1.165, 1.54) is 199 Å². The number of carboxylic acid groups (broad SMARTS) is 1. The Bertz CT molecular complexity index is 1060. The highest BCUT2D eigenvalue weighted by Crippen LogP contribution is 2.17. The van der Waals surface area contributed by atoms with E-state index < -0.39 is 24.3 Å². The first-order valence-electron chi connectivity index (χ1n) is 27.3. The molecule has 0 aliphatic rings. The number of likely N-dealkylation sites (N-methyl/N-ethyl adjacent to an activating group) is 1. The number of rotatable bonds is 51. The van der Waals surface area contributed by atoms with Crippen LogP contribution in [0.2, 0.25) is 0 Å². The molecule has 0 aromatic heterocycles. The van der Waals surface area contributed by atoms with E-state index in [4.69, 9.17) is 18.9 Å². The van der Waals surface area contributed by atoms with Crippen molar-refractivity contribution in [2.45, 2.75) is 277 Å². The maximum absolute atomic E-state index is 12.8. The number of allylic oxidation sites excluding steroid dienone is 2. The number of aliphatic carboxylic acids is 1. The summed E-state index contributed by atoms with van der Waals surface area (Å²) in [7, 11) is 5.92. The zero-order valence-electron chi connectivity index (χ0n) is 42.9. The highest BCUT2D eigenvalue weighted by Gasteiger charge is 2.22. The van der Waals surface area contributed by atoms with Gasteiger partial charge in [-0.3, -0.25) is 9.59 Å². The summed E-state index contributed by atoms with van der Waals surface area (Å²) in [5.74, 6) is -2.27. The predicted molar refractivity (Wildman–Crippen MR) is 265 cm³/mol. The third kappa shape index (κ3) is 48.0. The fourth-order valence-electron chi connectivity index (χ4n) is 8.00. The number of unbranched alkanes of at least 4 members (excludes halogenated alkanes) is 34. The summed E-state index contributed by atoms with van der Waals surface area (Å²) in [5, 5.41) is 11.7. The minimum absolute atomic E-state index is 0.152. The van der Waals surface area contributed by atoms with Gasteiger partial charge < -0.3 is 33.3 Å². The van der Waals surface area contributed by atoms with Crippen LogP contribution in [0.5, 0.6) is 0 Å². The van der Waals surface area contributed by atoms with Gasteiger partial charge in [-0.1, -0.05) is 225 Å². The lowest BCUT2D eigenvalue weighted by molar-refractivity contribution is -0.870. The SMILES string of the molecule is CCCCCCCCCC/C=C\CCCCCCCCCCCCCCCCCCCC(=O)OC(COC(=O)CCCCCCCCCCCC)COC(OCC[N+](C)(C)C)C(=O)[O-]. The lowest BCUT2D eigenvalue weighted by atomic mass is 10.0.